The van der Waals surface area contributed by atoms with Gasteiger partial charge in [0.15, 0.2) is 11.5 Å². The van der Waals surface area contributed by atoms with Crippen LogP contribution >= 0.6 is 0 Å². The first-order valence-electron chi connectivity index (χ1n) is 10.7. The van der Waals surface area contributed by atoms with Gasteiger partial charge in [-0.1, -0.05) is 0 Å². The molecule has 0 bridgehead atoms. The second-order valence-corrected chi connectivity index (χ2v) is 8.21. The molecule has 1 aromatic carbocycles. The molecule has 1 fully saturated rings. The predicted molar refractivity (Wildman–Crippen MR) is 127 cm³/mol. The molecule has 32 heavy (non-hydrogen) atoms. The number of nitrogens with two attached hydrogens (primary N) is 1. The maximum absolute atomic E-state index is 14.4. The number of aromatic nitrogens is 2. The molecule has 0 saturated carbocycles. The second-order valence-electron chi connectivity index (χ2n) is 8.21. The lowest BCUT2D eigenvalue weighted by atomic mass is 10.0. The first-order chi connectivity index (χ1) is 15.3. The van der Waals surface area contributed by atoms with Crippen LogP contribution in [0.25, 0.3) is 5.65 Å². The van der Waals surface area contributed by atoms with E-state index in [0.29, 0.717) is 22.6 Å². The molecular weight excluding hydrogens is 409 g/mol. The first kappa shape index (κ1) is 21.8. The molecule has 9 heteroatoms. The molecule has 0 radical (unpaired) electrons. The number of hydrogen-bond donors (Lipinski definition) is 3. The number of carbonyl (C=O) groups is 1. The summed E-state index contributed by atoms with van der Waals surface area (Å²) in [5.74, 6) is -0.924. The van der Waals surface area contributed by atoms with Crippen LogP contribution in [0.3, 0.4) is 0 Å². The number of piperazine rings is 1. The Morgan fingerprint density at radius 2 is 2.06 bits per heavy atom. The topological polar surface area (TPSA) is 100 Å². The van der Waals surface area contributed by atoms with Gasteiger partial charge >= 0.3 is 0 Å². The third kappa shape index (κ3) is 4.43. The molecule has 3 heterocycles. The van der Waals surface area contributed by atoms with E-state index in [2.05, 4.69) is 25.5 Å². The monoisotopic (exact) mass is 437 g/mol. The van der Waals surface area contributed by atoms with Crippen LogP contribution in [0.1, 0.15) is 35.5 Å². The Hall–Kier alpha value is -3.46. The van der Waals surface area contributed by atoms with E-state index in [1.54, 1.807) is 36.0 Å². The number of aliphatic imine (C=N–C) groups is 1. The highest BCUT2D eigenvalue weighted by molar-refractivity contribution is 6.11. The van der Waals surface area contributed by atoms with E-state index in [4.69, 9.17) is 5.73 Å². The van der Waals surface area contributed by atoms with Gasteiger partial charge in [0.2, 0.25) is 0 Å². The van der Waals surface area contributed by atoms with Crippen LogP contribution in [-0.2, 0) is 0 Å². The summed E-state index contributed by atoms with van der Waals surface area (Å²) in [6.07, 6.45) is 5.07. The van der Waals surface area contributed by atoms with Crippen LogP contribution in [0.4, 0.5) is 21.5 Å². The van der Waals surface area contributed by atoms with Gasteiger partial charge < -0.3 is 25.7 Å². The number of fused-ring (bicyclic) bond motifs is 1. The largest absolute Gasteiger partial charge is 0.397 e. The fourth-order valence-electron chi connectivity index (χ4n) is 3.81. The molecule has 8 nitrogen and oxygen atoms in total. The highest BCUT2D eigenvalue weighted by atomic mass is 19.1. The quantitative estimate of drug-likeness (QED) is 0.421. The maximum atomic E-state index is 14.4. The van der Waals surface area contributed by atoms with E-state index < -0.39 is 11.7 Å². The third-order valence-electron chi connectivity index (χ3n) is 5.35. The molecule has 0 aliphatic carbocycles. The van der Waals surface area contributed by atoms with Crippen molar-refractivity contribution in [3.63, 3.8) is 0 Å². The number of carbonyl (C=O) groups excluding carboxylic acids is 1. The van der Waals surface area contributed by atoms with Crippen LogP contribution in [-0.4, -0.2) is 53.7 Å². The Morgan fingerprint density at radius 3 is 2.78 bits per heavy atom. The Balaban J connectivity index is 1.68. The zero-order valence-electron chi connectivity index (χ0n) is 18.5. The highest BCUT2D eigenvalue weighted by Gasteiger charge is 2.20. The van der Waals surface area contributed by atoms with Crippen LogP contribution in [0, 0.1) is 12.7 Å². The lowest BCUT2D eigenvalue weighted by Crippen LogP contribution is -2.44. The summed E-state index contributed by atoms with van der Waals surface area (Å²) in [5.41, 5.74) is 10.0. The number of hydrogen-bond acceptors (Lipinski definition) is 6. The number of halogens is 1. The third-order valence-corrected chi connectivity index (χ3v) is 5.35. The highest BCUT2D eigenvalue weighted by Crippen LogP contribution is 2.29. The smallest absolute Gasteiger partial charge is 0.257 e. The lowest BCUT2D eigenvalue weighted by molar-refractivity contribution is 0.102. The second kappa shape index (κ2) is 8.96. The van der Waals surface area contributed by atoms with Crippen molar-refractivity contribution >= 4 is 34.8 Å². The molecule has 1 saturated heterocycles. The SMILES string of the molecule is Cc1cn2cc(NC(=O)c3ccc(N4CCNCC4)c(C=NC(C)C)c3N)cc(F)c2n1. The van der Waals surface area contributed by atoms with Crippen LogP contribution < -0.4 is 21.3 Å². The van der Waals surface area contributed by atoms with Crippen molar-refractivity contribution < 1.29 is 9.18 Å². The molecular formula is C23H28FN7O. The van der Waals surface area contributed by atoms with Crippen LogP contribution in [0.2, 0.25) is 0 Å². The van der Waals surface area contributed by atoms with E-state index in [1.807, 2.05) is 19.9 Å². The molecule has 4 rings (SSSR count). The fourth-order valence-corrected chi connectivity index (χ4v) is 3.81. The van der Waals surface area contributed by atoms with Crippen molar-refractivity contribution in [1.29, 1.82) is 0 Å². The molecule has 0 unspecified atom stereocenters. The van der Waals surface area contributed by atoms with Crippen molar-refractivity contribution in [3.8, 4) is 0 Å². The summed E-state index contributed by atoms with van der Waals surface area (Å²) in [4.78, 5) is 23.9. The number of nitrogens with one attached hydrogen (secondary N) is 2. The van der Waals surface area contributed by atoms with E-state index in [0.717, 1.165) is 37.4 Å². The number of nitrogens with zero attached hydrogens (tertiary/aromatic N) is 4. The van der Waals surface area contributed by atoms with Gasteiger partial charge in [-0.15, -0.1) is 0 Å². The first-order valence-corrected chi connectivity index (χ1v) is 10.7. The standard InChI is InChI=1S/C23H28FN7O/c1-14(2)27-11-18-20(30-8-6-26-7-9-30)5-4-17(21(18)25)23(32)29-16-10-19(24)22-28-15(3)12-31(22)13-16/h4-5,10-14,26H,6-9,25H2,1-3H3,(H,29,32). The number of aryl methyl sites for hydroxylation is 1. The van der Waals surface area contributed by atoms with Gasteiger partial charge in [0.05, 0.1) is 22.6 Å². The summed E-state index contributed by atoms with van der Waals surface area (Å²) in [5, 5.41) is 6.09. The Morgan fingerprint density at radius 1 is 1.31 bits per heavy atom. The molecule has 4 N–H and O–H groups in total. The van der Waals surface area contributed by atoms with Crippen LogP contribution in [0.5, 0.6) is 0 Å². The molecule has 3 aromatic rings. The van der Waals surface area contributed by atoms with Gasteiger partial charge in [-0.2, -0.15) is 0 Å². The van der Waals surface area contributed by atoms with E-state index in [9.17, 15) is 9.18 Å². The molecule has 168 valence electrons. The summed E-state index contributed by atoms with van der Waals surface area (Å²) in [6, 6.07) is 4.97. The minimum atomic E-state index is -0.511. The number of pyridine rings is 1. The van der Waals surface area contributed by atoms with Gasteiger partial charge in [-0.25, -0.2) is 9.37 Å². The minimum absolute atomic E-state index is 0.0936. The Kier molecular flexibility index (Phi) is 6.09. The van der Waals surface area contributed by atoms with Crippen molar-refractivity contribution in [1.82, 2.24) is 14.7 Å². The van der Waals surface area contributed by atoms with Gasteiger partial charge in [0, 0.05) is 68.1 Å². The molecule has 0 atom stereocenters. The molecule has 1 aliphatic heterocycles. The predicted octanol–water partition coefficient (Wildman–Crippen LogP) is 2.85. The zero-order chi connectivity index (χ0) is 22.8. The van der Waals surface area contributed by atoms with E-state index in [1.165, 1.54) is 6.07 Å². The summed E-state index contributed by atoms with van der Waals surface area (Å²) in [7, 11) is 0. The number of benzene rings is 1. The normalized spacial score (nSPS) is 14.6. The molecule has 1 amide bonds. The number of amides is 1. The van der Waals surface area contributed by atoms with Gasteiger partial charge in [0.25, 0.3) is 5.91 Å². The Labute approximate surface area is 186 Å². The van der Waals surface area contributed by atoms with Crippen molar-refractivity contribution in [2.45, 2.75) is 26.8 Å². The van der Waals surface area contributed by atoms with Gasteiger partial charge in [-0.3, -0.25) is 9.79 Å². The summed E-state index contributed by atoms with van der Waals surface area (Å²) < 4.78 is 16.0. The number of rotatable bonds is 5. The lowest BCUT2D eigenvalue weighted by Gasteiger charge is -2.31. The molecule has 1 aliphatic rings. The number of anilines is 3. The fraction of sp³-hybridized carbons (Fsp3) is 0.348. The minimum Gasteiger partial charge on any atom is -0.397 e. The number of imidazole rings is 1. The van der Waals surface area contributed by atoms with Crippen molar-refractivity contribution in [2.75, 3.05) is 42.1 Å². The van der Waals surface area contributed by atoms with E-state index >= 15 is 0 Å². The average molecular weight is 438 g/mol. The van der Waals surface area contributed by atoms with Gasteiger partial charge in [-0.05, 0) is 32.9 Å². The number of nitrogen functional groups attached to an aromatic ring is 1. The zero-order valence-corrected chi connectivity index (χ0v) is 18.5. The maximum Gasteiger partial charge on any atom is 0.257 e. The van der Waals surface area contributed by atoms with E-state index in [-0.39, 0.29) is 11.7 Å². The molecule has 2 aromatic heterocycles. The Bertz CT molecular complexity index is 1180. The van der Waals surface area contributed by atoms with Crippen LogP contribution in [0.15, 0.2) is 35.6 Å². The average Bonchev–Trinajstić information content (AvgIpc) is 3.13. The summed E-state index contributed by atoms with van der Waals surface area (Å²) in [6.45, 7) is 9.20. The van der Waals surface area contributed by atoms with Gasteiger partial charge in [0.1, 0.15) is 0 Å². The van der Waals surface area contributed by atoms with Crippen molar-refractivity contribution in [2.24, 2.45) is 4.99 Å². The van der Waals surface area contributed by atoms with Crippen molar-refractivity contribution in [3.05, 3.63) is 53.2 Å². The summed E-state index contributed by atoms with van der Waals surface area (Å²) >= 11 is 0. The molecule has 0 spiro atoms.